The molecule has 41 heavy (non-hydrogen) atoms. The first-order valence-corrected chi connectivity index (χ1v) is 13.1. The Bertz CT molecular complexity index is 1540. The van der Waals surface area contributed by atoms with Crippen LogP contribution in [-0.2, 0) is 4.79 Å². The van der Waals surface area contributed by atoms with Crippen LogP contribution in [0.3, 0.4) is 0 Å². The summed E-state index contributed by atoms with van der Waals surface area (Å²) in [6.45, 7) is 3.91. The largest absolute Gasteiger partial charge is 0.573 e. The van der Waals surface area contributed by atoms with Crippen molar-refractivity contribution in [3.8, 4) is 11.6 Å². The lowest BCUT2D eigenvalue weighted by molar-refractivity contribution is -0.274. The fraction of sp³-hybridized carbons (Fsp3) is 0.267. The Morgan fingerprint density at radius 2 is 1.71 bits per heavy atom. The monoisotopic (exact) mass is 565 g/mol. The van der Waals surface area contributed by atoms with E-state index < -0.39 is 12.1 Å². The topological polar surface area (TPSA) is 84.4 Å². The number of carbonyl (C=O) groups is 1. The fourth-order valence-electron chi connectivity index (χ4n) is 4.79. The molecule has 0 unspecified atom stereocenters. The highest BCUT2D eigenvalue weighted by Gasteiger charge is 2.31. The third kappa shape index (κ3) is 6.69. The second-order valence-corrected chi connectivity index (χ2v) is 9.98. The number of hydrogen-bond acceptors (Lipinski definition) is 6. The molecular formula is C30H30F3N5O3. The van der Waals surface area contributed by atoms with Crippen molar-refractivity contribution in [3.63, 3.8) is 0 Å². The minimum atomic E-state index is -4.84. The number of likely N-dealkylation sites (N-methyl/N-ethyl adjacent to an activating group) is 2. The predicted octanol–water partition coefficient (Wildman–Crippen LogP) is 5.15. The third-order valence-electron chi connectivity index (χ3n) is 7.07. The highest BCUT2D eigenvalue weighted by molar-refractivity contribution is 6.22. The van der Waals surface area contributed by atoms with Crippen LogP contribution in [-0.4, -0.2) is 84.7 Å². The molecule has 3 aromatic carbocycles. The van der Waals surface area contributed by atoms with Gasteiger partial charge in [-0.25, -0.2) is 4.99 Å². The number of nitrogens with zero attached hydrogens (tertiary/aromatic N) is 4. The quantitative estimate of drug-likeness (QED) is 0.303. The normalized spacial score (nSPS) is 15.3. The Hall–Kier alpha value is -4.35. The number of aromatic amines is 1. The zero-order valence-electron chi connectivity index (χ0n) is 22.7. The van der Waals surface area contributed by atoms with Crippen LogP contribution in [0.25, 0.3) is 10.9 Å². The molecule has 0 atom stereocenters. The molecule has 0 spiro atoms. The molecule has 0 saturated carbocycles. The SMILES string of the molecule is CN1CCN(CC(=O)N(C)c2ccc(N=C(c3ccccc3)c3c(O)[nH]c4cc(OC(F)(F)F)ccc34)cc2)CC1. The lowest BCUT2D eigenvalue weighted by Crippen LogP contribution is -2.48. The smallest absolute Gasteiger partial charge is 0.494 e. The Labute approximate surface area is 235 Å². The van der Waals surface area contributed by atoms with Gasteiger partial charge < -0.3 is 24.6 Å². The van der Waals surface area contributed by atoms with Gasteiger partial charge in [-0.3, -0.25) is 9.69 Å². The van der Waals surface area contributed by atoms with Gasteiger partial charge in [0.1, 0.15) is 5.75 Å². The van der Waals surface area contributed by atoms with Crippen molar-refractivity contribution in [1.82, 2.24) is 14.8 Å². The van der Waals surface area contributed by atoms with E-state index in [2.05, 4.69) is 26.6 Å². The second-order valence-electron chi connectivity index (χ2n) is 9.98. The van der Waals surface area contributed by atoms with Gasteiger partial charge in [-0.2, -0.15) is 0 Å². The molecule has 1 aliphatic rings. The van der Waals surface area contributed by atoms with Crippen LogP contribution in [0, 0.1) is 0 Å². The molecule has 1 fully saturated rings. The van der Waals surface area contributed by atoms with Gasteiger partial charge in [-0.1, -0.05) is 30.3 Å². The summed E-state index contributed by atoms with van der Waals surface area (Å²) < 4.78 is 42.2. The fourth-order valence-corrected chi connectivity index (χ4v) is 4.79. The molecule has 1 saturated heterocycles. The van der Waals surface area contributed by atoms with E-state index in [0.717, 1.165) is 31.9 Å². The van der Waals surface area contributed by atoms with Crippen molar-refractivity contribution in [2.75, 3.05) is 51.7 Å². The average Bonchev–Trinajstić information content (AvgIpc) is 3.27. The van der Waals surface area contributed by atoms with E-state index in [9.17, 15) is 23.1 Å². The third-order valence-corrected chi connectivity index (χ3v) is 7.07. The maximum atomic E-state index is 12.9. The molecule has 1 amide bonds. The number of H-pyrrole nitrogens is 1. The number of aromatic nitrogens is 1. The van der Waals surface area contributed by atoms with E-state index in [-0.39, 0.29) is 17.3 Å². The number of piperazine rings is 1. The van der Waals surface area contributed by atoms with Gasteiger partial charge >= 0.3 is 6.36 Å². The number of benzene rings is 3. The molecule has 8 nitrogen and oxygen atoms in total. The van der Waals surface area contributed by atoms with Gasteiger partial charge in [0.2, 0.25) is 5.91 Å². The zero-order valence-corrected chi connectivity index (χ0v) is 22.7. The molecule has 2 heterocycles. The van der Waals surface area contributed by atoms with Crippen LogP contribution in [0.15, 0.2) is 77.8 Å². The molecule has 4 aromatic rings. The molecule has 1 aliphatic heterocycles. The van der Waals surface area contributed by atoms with Crippen molar-refractivity contribution in [2.45, 2.75) is 6.36 Å². The number of aromatic hydroxyl groups is 1. The molecule has 5 rings (SSSR count). The summed E-state index contributed by atoms with van der Waals surface area (Å²) >= 11 is 0. The van der Waals surface area contributed by atoms with Gasteiger partial charge in [-0.15, -0.1) is 13.2 Å². The molecule has 2 N–H and O–H groups in total. The summed E-state index contributed by atoms with van der Waals surface area (Å²) in [5.74, 6) is -0.649. The molecule has 0 bridgehead atoms. The first-order valence-electron chi connectivity index (χ1n) is 13.1. The number of aliphatic imine (C=N–C) groups is 1. The van der Waals surface area contributed by atoms with E-state index in [0.29, 0.717) is 34.5 Å². The van der Waals surface area contributed by atoms with Crippen LogP contribution < -0.4 is 9.64 Å². The van der Waals surface area contributed by atoms with Crippen LogP contribution >= 0.6 is 0 Å². The van der Waals surface area contributed by atoms with E-state index in [1.54, 1.807) is 36.2 Å². The number of halogens is 3. The Balaban J connectivity index is 1.43. The highest BCUT2D eigenvalue weighted by atomic mass is 19.4. The lowest BCUT2D eigenvalue weighted by atomic mass is 10.0. The Morgan fingerprint density at radius 3 is 2.37 bits per heavy atom. The van der Waals surface area contributed by atoms with Crippen LogP contribution in [0.4, 0.5) is 24.5 Å². The van der Waals surface area contributed by atoms with E-state index in [1.807, 2.05) is 30.3 Å². The van der Waals surface area contributed by atoms with Crippen molar-refractivity contribution < 1.29 is 27.8 Å². The van der Waals surface area contributed by atoms with Gasteiger partial charge in [-0.05, 0) is 43.4 Å². The number of fused-ring (bicyclic) bond motifs is 1. The number of anilines is 1. The molecule has 0 radical (unpaired) electrons. The molecule has 214 valence electrons. The van der Waals surface area contributed by atoms with Crippen molar-refractivity contribution in [3.05, 3.63) is 83.9 Å². The Kier molecular flexibility index (Phi) is 8.00. The number of rotatable bonds is 7. The van der Waals surface area contributed by atoms with Gasteiger partial charge in [0.15, 0.2) is 5.88 Å². The van der Waals surface area contributed by atoms with Crippen LogP contribution in [0.5, 0.6) is 11.6 Å². The maximum absolute atomic E-state index is 12.9. The summed E-state index contributed by atoms with van der Waals surface area (Å²) in [6.07, 6.45) is -4.84. The number of hydrogen-bond donors (Lipinski definition) is 2. The first-order chi connectivity index (χ1) is 19.6. The van der Waals surface area contributed by atoms with Gasteiger partial charge in [0, 0.05) is 55.9 Å². The zero-order chi connectivity index (χ0) is 29.1. The molecule has 0 aliphatic carbocycles. The van der Waals surface area contributed by atoms with E-state index in [1.165, 1.54) is 18.2 Å². The second kappa shape index (κ2) is 11.6. The minimum absolute atomic E-state index is 0.00614. The Morgan fingerprint density at radius 1 is 1.02 bits per heavy atom. The summed E-state index contributed by atoms with van der Waals surface area (Å²) in [5, 5.41) is 11.3. The van der Waals surface area contributed by atoms with Crippen molar-refractivity contribution in [1.29, 1.82) is 0 Å². The maximum Gasteiger partial charge on any atom is 0.573 e. The lowest BCUT2D eigenvalue weighted by Gasteiger charge is -2.32. The predicted molar refractivity (Wildman–Crippen MR) is 152 cm³/mol. The number of amides is 1. The molecular weight excluding hydrogens is 535 g/mol. The summed E-state index contributed by atoms with van der Waals surface area (Å²) in [4.78, 5) is 26.5. The van der Waals surface area contributed by atoms with Crippen molar-refractivity contribution in [2.24, 2.45) is 4.99 Å². The first kappa shape index (κ1) is 28.2. The number of alkyl halides is 3. The van der Waals surface area contributed by atoms with Gasteiger partial charge in [0.25, 0.3) is 0 Å². The standard InChI is InChI=1S/C30H30F3N5O3/c1-36-14-16-38(17-15-36)19-26(39)37(2)22-10-8-21(9-11-22)34-28(20-6-4-3-5-7-20)27-24-13-12-23(41-30(31,32)33)18-25(24)35-29(27)40/h3-13,18,35,40H,14-17,19H2,1-2H3. The summed E-state index contributed by atoms with van der Waals surface area (Å²) in [6, 6.07) is 20.2. The van der Waals surface area contributed by atoms with E-state index >= 15 is 0 Å². The van der Waals surface area contributed by atoms with Crippen LogP contribution in [0.2, 0.25) is 0 Å². The molecule has 11 heteroatoms. The number of ether oxygens (including phenoxy) is 1. The number of carbonyl (C=O) groups excluding carboxylic acids is 1. The van der Waals surface area contributed by atoms with E-state index in [4.69, 9.17) is 4.99 Å². The number of nitrogens with one attached hydrogen (secondary N) is 1. The average molecular weight is 566 g/mol. The van der Waals surface area contributed by atoms with Crippen LogP contribution in [0.1, 0.15) is 11.1 Å². The van der Waals surface area contributed by atoms with Gasteiger partial charge in [0.05, 0.1) is 29.0 Å². The summed E-state index contributed by atoms with van der Waals surface area (Å²) in [5.41, 5.74) is 3.01. The highest BCUT2D eigenvalue weighted by Crippen LogP contribution is 2.35. The molecule has 1 aromatic heterocycles. The minimum Gasteiger partial charge on any atom is -0.494 e. The summed E-state index contributed by atoms with van der Waals surface area (Å²) in [7, 11) is 3.81. The van der Waals surface area contributed by atoms with Crippen molar-refractivity contribution >= 4 is 33.9 Å².